The SMILES string of the molecule is [C-]#[N+]C[C@@H]1CCCN(c2nc(OC[C@@H]3CCCN3C)nc3c2CN(c2cccc4c2CCC4)C3)C1. The monoisotopic (exact) mass is 472 g/mol. The molecule has 0 radical (unpaired) electrons. The fourth-order valence-electron chi connectivity index (χ4n) is 6.50. The van der Waals surface area contributed by atoms with E-state index in [-0.39, 0.29) is 0 Å². The highest BCUT2D eigenvalue weighted by atomic mass is 16.5. The number of aryl methyl sites for hydroxylation is 1. The van der Waals surface area contributed by atoms with Crippen LogP contribution >= 0.6 is 0 Å². The second-order valence-electron chi connectivity index (χ2n) is 10.8. The number of benzene rings is 1. The highest BCUT2D eigenvalue weighted by Crippen LogP contribution is 2.39. The van der Waals surface area contributed by atoms with E-state index in [1.165, 1.54) is 54.5 Å². The molecule has 2 atom stereocenters. The highest BCUT2D eigenvalue weighted by molar-refractivity contribution is 5.63. The summed E-state index contributed by atoms with van der Waals surface area (Å²) in [5.41, 5.74) is 6.74. The second-order valence-corrected chi connectivity index (χ2v) is 10.8. The minimum Gasteiger partial charge on any atom is -0.462 e. The van der Waals surface area contributed by atoms with E-state index in [0.29, 0.717) is 31.1 Å². The molecule has 0 N–H and O–H groups in total. The third-order valence-electron chi connectivity index (χ3n) is 8.45. The van der Waals surface area contributed by atoms with Crippen molar-refractivity contribution in [1.82, 2.24) is 14.9 Å². The molecule has 3 aliphatic heterocycles. The van der Waals surface area contributed by atoms with E-state index in [1.54, 1.807) is 0 Å². The third-order valence-corrected chi connectivity index (χ3v) is 8.45. The van der Waals surface area contributed by atoms with Gasteiger partial charge in [-0.2, -0.15) is 9.97 Å². The zero-order chi connectivity index (χ0) is 23.8. The van der Waals surface area contributed by atoms with Crippen molar-refractivity contribution in [1.29, 1.82) is 0 Å². The number of fused-ring (bicyclic) bond motifs is 2. The number of ether oxygens (including phenoxy) is 1. The summed E-state index contributed by atoms with van der Waals surface area (Å²) in [5, 5.41) is 0. The molecule has 35 heavy (non-hydrogen) atoms. The Morgan fingerprint density at radius 2 is 1.94 bits per heavy atom. The first-order valence-corrected chi connectivity index (χ1v) is 13.4. The van der Waals surface area contributed by atoms with Gasteiger partial charge in [-0.3, -0.25) is 0 Å². The number of nitrogens with zero attached hydrogens (tertiary/aromatic N) is 6. The van der Waals surface area contributed by atoms with E-state index in [0.717, 1.165) is 57.1 Å². The largest absolute Gasteiger partial charge is 0.462 e. The number of anilines is 2. The Bertz CT molecular complexity index is 1130. The molecular formula is C28H36N6O. The van der Waals surface area contributed by atoms with Gasteiger partial charge in [0.15, 0.2) is 0 Å². The van der Waals surface area contributed by atoms with Crippen LogP contribution in [0.25, 0.3) is 4.85 Å². The van der Waals surface area contributed by atoms with Gasteiger partial charge >= 0.3 is 6.01 Å². The Morgan fingerprint density at radius 3 is 2.80 bits per heavy atom. The van der Waals surface area contributed by atoms with Gasteiger partial charge in [0.25, 0.3) is 0 Å². The molecule has 2 saturated heterocycles. The highest BCUT2D eigenvalue weighted by Gasteiger charge is 2.33. The average Bonchev–Trinajstić information content (AvgIpc) is 3.62. The van der Waals surface area contributed by atoms with Crippen LogP contribution in [-0.4, -0.2) is 60.7 Å². The van der Waals surface area contributed by atoms with E-state index in [4.69, 9.17) is 21.3 Å². The fourth-order valence-corrected chi connectivity index (χ4v) is 6.50. The van der Waals surface area contributed by atoms with Crippen molar-refractivity contribution in [2.24, 2.45) is 5.92 Å². The van der Waals surface area contributed by atoms with Crippen LogP contribution in [0.5, 0.6) is 6.01 Å². The van der Waals surface area contributed by atoms with Crippen LogP contribution in [0.2, 0.25) is 0 Å². The molecule has 7 nitrogen and oxygen atoms in total. The smallest absolute Gasteiger partial charge is 0.318 e. The first-order chi connectivity index (χ1) is 17.2. The van der Waals surface area contributed by atoms with Crippen LogP contribution in [0, 0.1) is 12.5 Å². The number of rotatable bonds is 6. The molecule has 0 bridgehead atoms. The summed E-state index contributed by atoms with van der Waals surface area (Å²) in [4.78, 5) is 20.9. The zero-order valence-electron chi connectivity index (χ0n) is 20.9. The summed E-state index contributed by atoms with van der Waals surface area (Å²) < 4.78 is 6.25. The third kappa shape index (κ3) is 4.45. The van der Waals surface area contributed by atoms with Crippen molar-refractivity contribution in [2.45, 2.75) is 64.1 Å². The number of piperidine rings is 1. The normalized spacial score (nSPS) is 23.9. The number of likely N-dealkylation sites (tertiary alicyclic amines) is 1. The van der Waals surface area contributed by atoms with Crippen molar-refractivity contribution < 1.29 is 4.74 Å². The van der Waals surface area contributed by atoms with Gasteiger partial charge in [0.05, 0.1) is 12.2 Å². The topological polar surface area (TPSA) is 49.1 Å². The maximum atomic E-state index is 7.35. The standard InChI is InChI=1S/C28H36N6O/c1-29-15-20-7-5-14-33(16-20)27-24-17-34(26-12-4-9-21-8-3-11-23(21)26)18-25(24)30-28(31-27)35-19-22-10-6-13-32(22)2/h4,9,12,20,22H,3,5-8,10-11,13-19H2,2H3/t20-,22-/m0/s1. The zero-order valence-corrected chi connectivity index (χ0v) is 20.9. The quantitative estimate of drug-likeness (QED) is 0.590. The van der Waals surface area contributed by atoms with Gasteiger partial charge in [0, 0.05) is 42.8 Å². The Hall–Kier alpha value is -2.85. The summed E-state index contributed by atoms with van der Waals surface area (Å²) in [5.74, 6) is 1.45. The van der Waals surface area contributed by atoms with Crippen LogP contribution in [0.3, 0.4) is 0 Å². The molecule has 0 amide bonds. The number of hydrogen-bond donors (Lipinski definition) is 0. The lowest BCUT2D eigenvalue weighted by Gasteiger charge is -2.32. The molecule has 0 unspecified atom stereocenters. The lowest BCUT2D eigenvalue weighted by molar-refractivity contribution is 0.187. The molecule has 1 aliphatic carbocycles. The lowest BCUT2D eigenvalue weighted by Crippen LogP contribution is -2.38. The van der Waals surface area contributed by atoms with Crippen LogP contribution in [-0.2, 0) is 25.9 Å². The number of likely N-dealkylation sites (N-methyl/N-ethyl adjacent to an activating group) is 1. The van der Waals surface area contributed by atoms with E-state index < -0.39 is 0 Å². The predicted molar refractivity (Wildman–Crippen MR) is 138 cm³/mol. The fraction of sp³-hybridized carbons (Fsp3) is 0.607. The van der Waals surface area contributed by atoms with E-state index >= 15 is 0 Å². The summed E-state index contributed by atoms with van der Waals surface area (Å²) >= 11 is 0. The summed E-state index contributed by atoms with van der Waals surface area (Å²) in [7, 11) is 2.18. The maximum absolute atomic E-state index is 7.35. The van der Waals surface area contributed by atoms with Gasteiger partial charge in [0.1, 0.15) is 12.4 Å². The molecule has 2 aromatic rings. The van der Waals surface area contributed by atoms with Crippen molar-refractivity contribution in [3.63, 3.8) is 0 Å². The molecule has 184 valence electrons. The van der Waals surface area contributed by atoms with Crippen LogP contribution in [0.15, 0.2) is 18.2 Å². The second kappa shape index (κ2) is 9.66. The van der Waals surface area contributed by atoms with Crippen molar-refractivity contribution >= 4 is 11.5 Å². The number of aromatic nitrogens is 2. The molecule has 2 fully saturated rings. The van der Waals surface area contributed by atoms with Gasteiger partial charge in [-0.15, -0.1) is 0 Å². The van der Waals surface area contributed by atoms with Gasteiger partial charge in [-0.1, -0.05) is 12.1 Å². The maximum Gasteiger partial charge on any atom is 0.318 e. The molecule has 6 rings (SSSR count). The first kappa shape index (κ1) is 22.6. The predicted octanol–water partition coefficient (Wildman–Crippen LogP) is 4.09. The molecule has 0 spiro atoms. The summed E-state index contributed by atoms with van der Waals surface area (Å²) in [6.07, 6.45) is 8.26. The minimum absolute atomic E-state index is 0.415. The van der Waals surface area contributed by atoms with Crippen LogP contribution in [0.4, 0.5) is 11.5 Å². The molecular weight excluding hydrogens is 436 g/mol. The first-order valence-electron chi connectivity index (χ1n) is 13.4. The summed E-state index contributed by atoms with van der Waals surface area (Å²) in [6, 6.07) is 7.74. The van der Waals surface area contributed by atoms with Crippen molar-refractivity contribution in [2.75, 3.05) is 49.6 Å². The Morgan fingerprint density at radius 1 is 1.03 bits per heavy atom. The molecule has 4 aliphatic rings. The Balaban J connectivity index is 1.30. The van der Waals surface area contributed by atoms with E-state index in [9.17, 15) is 0 Å². The minimum atomic E-state index is 0.415. The van der Waals surface area contributed by atoms with Gasteiger partial charge < -0.3 is 24.3 Å². The Labute approximate surface area is 208 Å². The van der Waals surface area contributed by atoms with Crippen LogP contribution < -0.4 is 14.5 Å². The number of hydrogen-bond acceptors (Lipinski definition) is 6. The van der Waals surface area contributed by atoms with Crippen molar-refractivity contribution in [3.05, 3.63) is 52.0 Å². The average molecular weight is 473 g/mol. The molecule has 1 aromatic heterocycles. The van der Waals surface area contributed by atoms with Gasteiger partial charge in [-0.05, 0) is 75.7 Å². The van der Waals surface area contributed by atoms with E-state index in [2.05, 4.69) is 44.8 Å². The van der Waals surface area contributed by atoms with Crippen molar-refractivity contribution in [3.8, 4) is 6.01 Å². The van der Waals surface area contributed by atoms with Gasteiger partial charge in [0.2, 0.25) is 6.54 Å². The molecule has 4 heterocycles. The van der Waals surface area contributed by atoms with Crippen LogP contribution in [0.1, 0.15) is 54.5 Å². The molecule has 7 heteroatoms. The Kier molecular flexibility index (Phi) is 6.24. The molecule has 1 aromatic carbocycles. The molecule has 0 saturated carbocycles. The van der Waals surface area contributed by atoms with E-state index in [1.807, 2.05) is 0 Å². The lowest BCUT2D eigenvalue weighted by atomic mass is 9.98. The summed E-state index contributed by atoms with van der Waals surface area (Å²) in [6.45, 7) is 13.3. The van der Waals surface area contributed by atoms with Gasteiger partial charge in [-0.25, -0.2) is 6.57 Å².